The number of ether oxygens (including phenoxy) is 1. The summed E-state index contributed by atoms with van der Waals surface area (Å²) in [4.78, 5) is 11.8. The van der Waals surface area contributed by atoms with E-state index in [0.29, 0.717) is 12.6 Å². The van der Waals surface area contributed by atoms with Crippen LogP contribution in [0, 0.1) is 0 Å². The summed E-state index contributed by atoms with van der Waals surface area (Å²) < 4.78 is 10.4. The third-order valence-corrected chi connectivity index (χ3v) is 3.45. The molecule has 0 radical (unpaired) electrons. The summed E-state index contributed by atoms with van der Waals surface area (Å²) in [6.07, 6.45) is 5.43. The third-order valence-electron chi connectivity index (χ3n) is 3.45. The lowest BCUT2D eigenvalue weighted by atomic mass is 9.91. The van der Waals surface area contributed by atoms with E-state index in [1.54, 1.807) is 6.20 Å². The fourth-order valence-electron chi connectivity index (χ4n) is 2.56. The van der Waals surface area contributed by atoms with Gasteiger partial charge in [-0.25, -0.2) is 4.79 Å². The molecule has 0 spiro atoms. The van der Waals surface area contributed by atoms with E-state index in [1.165, 1.54) is 0 Å². The van der Waals surface area contributed by atoms with Gasteiger partial charge in [-0.3, -0.25) is 0 Å². The topological polar surface area (TPSA) is 76.4 Å². The molecule has 6 nitrogen and oxygen atoms in total. The van der Waals surface area contributed by atoms with Gasteiger partial charge in [-0.2, -0.15) is 0 Å². The number of amides is 1. The summed E-state index contributed by atoms with van der Waals surface area (Å²) in [5.41, 5.74) is -0.456. The number of nitrogens with zero attached hydrogens (tertiary/aromatic N) is 1. The Morgan fingerprint density at radius 3 is 2.86 bits per heavy atom. The molecule has 118 valence electrons. The van der Waals surface area contributed by atoms with Crippen LogP contribution < -0.4 is 10.6 Å². The summed E-state index contributed by atoms with van der Waals surface area (Å²) >= 11 is 0. The van der Waals surface area contributed by atoms with Crippen molar-refractivity contribution in [3.8, 4) is 0 Å². The number of carbonyl (C=O) groups is 1. The van der Waals surface area contributed by atoms with Crippen LogP contribution in [-0.2, 0) is 11.3 Å². The quantitative estimate of drug-likeness (QED) is 0.893. The van der Waals surface area contributed by atoms with Crippen molar-refractivity contribution in [2.75, 3.05) is 0 Å². The van der Waals surface area contributed by atoms with Crippen molar-refractivity contribution < 1.29 is 14.1 Å². The van der Waals surface area contributed by atoms with Crippen LogP contribution >= 0.6 is 0 Å². The molecule has 0 aromatic carbocycles. The summed E-state index contributed by atoms with van der Waals surface area (Å²) in [6.45, 7) is 6.28. The monoisotopic (exact) mass is 295 g/mol. The molecule has 1 aromatic rings. The second-order valence-electron chi connectivity index (χ2n) is 6.57. The Labute approximate surface area is 125 Å². The number of hydrogen-bond acceptors (Lipinski definition) is 5. The second kappa shape index (κ2) is 6.93. The molecular weight excluding hydrogens is 270 g/mol. The molecule has 1 aliphatic carbocycles. The highest BCUT2D eigenvalue weighted by atomic mass is 16.6. The van der Waals surface area contributed by atoms with Crippen LogP contribution in [0.5, 0.6) is 0 Å². The van der Waals surface area contributed by atoms with E-state index in [2.05, 4.69) is 15.8 Å². The van der Waals surface area contributed by atoms with Crippen LogP contribution in [0.25, 0.3) is 0 Å². The van der Waals surface area contributed by atoms with E-state index in [1.807, 2.05) is 26.8 Å². The van der Waals surface area contributed by atoms with Crippen LogP contribution in [-0.4, -0.2) is 28.9 Å². The average Bonchev–Trinajstić information content (AvgIpc) is 2.87. The van der Waals surface area contributed by atoms with Crippen molar-refractivity contribution in [3.63, 3.8) is 0 Å². The Bertz CT molecular complexity index is 440. The van der Waals surface area contributed by atoms with Gasteiger partial charge in [0.1, 0.15) is 11.4 Å². The predicted molar refractivity (Wildman–Crippen MR) is 78.8 cm³/mol. The molecule has 0 bridgehead atoms. The summed E-state index contributed by atoms with van der Waals surface area (Å²) in [5, 5.41) is 10.1. The first-order valence-corrected chi connectivity index (χ1v) is 7.55. The van der Waals surface area contributed by atoms with Gasteiger partial charge in [-0.15, -0.1) is 0 Å². The highest BCUT2D eigenvalue weighted by molar-refractivity contribution is 5.68. The second-order valence-corrected chi connectivity index (χ2v) is 6.57. The maximum atomic E-state index is 11.8. The molecule has 1 fully saturated rings. The molecule has 2 rings (SSSR count). The van der Waals surface area contributed by atoms with E-state index in [-0.39, 0.29) is 12.1 Å². The number of hydrogen-bond donors (Lipinski definition) is 2. The van der Waals surface area contributed by atoms with Crippen LogP contribution in [0.4, 0.5) is 4.79 Å². The molecule has 1 aliphatic rings. The van der Waals surface area contributed by atoms with E-state index in [9.17, 15) is 4.79 Å². The standard InChI is InChI=1S/C15H25N3O3/c1-15(2,3)20-14(19)18-12-6-4-5-11(9-12)16-10-13-7-8-17-21-13/h7-8,11-12,16H,4-6,9-10H2,1-3H3,(H,18,19). The van der Waals surface area contributed by atoms with Crippen LogP contribution in [0.1, 0.15) is 52.2 Å². The molecule has 0 aliphatic heterocycles. The van der Waals surface area contributed by atoms with Gasteiger partial charge in [0.15, 0.2) is 0 Å². The molecule has 1 heterocycles. The number of carbonyl (C=O) groups excluding carboxylic acids is 1. The van der Waals surface area contributed by atoms with Gasteiger partial charge < -0.3 is 19.9 Å². The maximum absolute atomic E-state index is 11.8. The Hall–Kier alpha value is -1.56. The first kappa shape index (κ1) is 15.8. The molecule has 2 unspecified atom stereocenters. The van der Waals surface area contributed by atoms with Gasteiger partial charge in [-0.05, 0) is 46.5 Å². The maximum Gasteiger partial charge on any atom is 0.407 e. The largest absolute Gasteiger partial charge is 0.444 e. The zero-order chi connectivity index (χ0) is 15.3. The molecule has 6 heteroatoms. The number of nitrogens with one attached hydrogen (secondary N) is 2. The van der Waals surface area contributed by atoms with Crippen molar-refractivity contribution in [3.05, 3.63) is 18.0 Å². The van der Waals surface area contributed by atoms with E-state index < -0.39 is 5.60 Å². The summed E-state index contributed by atoms with van der Waals surface area (Å²) in [6, 6.07) is 2.40. The molecule has 21 heavy (non-hydrogen) atoms. The lowest BCUT2D eigenvalue weighted by molar-refractivity contribution is 0.0488. The molecular formula is C15H25N3O3. The Morgan fingerprint density at radius 1 is 1.43 bits per heavy atom. The zero-order valence-corrected chi connectivity index (χ0v) is 13.0. The predicted octanol–water partition coefficient (Wildman–Crippen LogP) is 2.60. The summed E-state index contributed by atoms with van der Waals surface area (Å²) in [7, 11) is 0. The van der Waals surface area contributed by atoms with Crippen LogP contribution in [0.3, 0.4) is 0 Å². The van der Waals surface area contributed by atoms with Crippen molar-refractivity contribution in [1.82, 2.24) is 15.8 Å². The normalized spacial score (nSPS) is 22.8. The number of rotatable bonds is 4. The molecule has 1 saturated carbocycles. The number of aromatic nitrogens is 1. The van der Waals surface area contributed by atoms with E-state index in [4.69, 9.17) is 9.26 Å². The Balaban J connectivity index is 1.74. The minimum Gasteiger partial charge on any atom is -0.444 e. The minimum absolute atomic E-state index is 0.167. The lowest BCUT2D eigenvalue weighted by Gasteiger charge is -2.31. The van der Waals surface area contributed by atoms with Gasteiger partial charge >= 0.3 is 6.09 Å². The highest BCUT2D eigenvalue weighted by Crippen LogP contribution is 2.19. The van der Waals surface area contributed by atoms with Crippen molar-refractivity contribution >= 4 is 6.09 Å². The van der Waals surface area contributed by atoms with Gasteiger partial charge in [-0.1, -0.05) is 5.16 Å². The SMILES string of the molecule is CC(C)(C)OC(=O)NC1CCCC(NCc2ccno2)C1. The molecule has 0 saturated heterocycles. The molecule has 2 atom stereocenters. The van der Waals surface area contributed by atoms with E-state index in [0.717, 1.165) is 31.4 Å². The molecule has 1 aromatic heterocycles. The molecule has 1 amide bonds. The molecule has 2 N–H and O–H groups in total. The van der Waals surface area contributed by atoms with Gasteiger partial charge in [0.25, 0.3) is 0 Å². The first-order chi connectivity index (χ1) is 9.92. The van der Waals surface area contributed by atoms with Gasteiger partial charge in [0.05, 0.1) is 12.7 Å². The fraction of sp³-hybridized carbons (Fsp3) is 0.733. The Kier molecular flexibility index (Phi) is 5.22. The van der Waals surface area contributed by atoms with E-state index >= 15 is 0 Å². The summed E-state index contributed by atoms with van der Waals surface area (Å²) in [5.74, 6) is 0.831. The Morgan fingerprint density at radius 2 is 2.19 bits per heavy atom. The van der Waals surface area contributed by atoms with Crippen molar-refractivity contribution in [2.45, 2.75) is 70.7 Å². The van der Waals surface area contributed by atoms with Gasteiger partial charge in [0.2, 0.25) is 0 Å². The highest BCUT2D eigenvalue weighted by Gasteiger charge is 2.25. The lowest BCUT2D eigenvalue weighted by Crippen LogP contribution is -2.45. The first-order valence-electron chi connectivity index (χ1n) is 7.55. The van der Waals surface area contributed by atoms with Crippen molar-refractivity contribution in [1.29, 1.82) is 0 Å². The van der Waals surface area contributed by atoms with Crippen LogP contribution in [0.15, 0.2) is 16.8 Å². The zero-order valence-electron chi connectivity index (χ0n) is 13.0. The smallest absolute Gasteiger partial charge is 0.407 e. The fourth-order valence-corrected chi connectivity index (χ4v) is 2.56. The van der Waals surface area contributed by atoms with Crippen molar-refractivity contribution in [2.24, 2.45) is 0 Å². The minimum atomic E-state index is -0.456. The van der Waals surface area contributed by atoms with Gasteiger partial charge in [0, 0.05) is 18.2 Å². The average molecular weight is 295 g/mol. The number of alkyl carbamates (subject to hydrolysis) is 1. The third kappa shape index (κ3) is 5.75. The van der Waals surface area contributed by atoms with Crippen LogP contribution in [0.2, 0.25) is 0 Å².